The van der Waals surface area contributed by atoms with Crippen LogP contribution in [0.2, 0.25) is 0 Å². The van der Waals surface area contributed by atoms with E-state index < -0.39 is 0 Å². The van der Waals surface area contributed by atoms with Crippen LogP contribution in [-0.4, -0.2) is 30.1 Å². The maximum Gasteiger partial charge on any atom is 0.270 e. The third kappa shape index (κ3) is 4.76. The summed E-state index contributed by atoms with van der Waals surface area (Å²) in [5.41, 5.74) is 2.01. The molecule has 0 aliphatic heterocycles. The molecular formula is C21H22N4O3. The van der Waals surface area contributed by atoms with E-state index in [-0.39, 0.29) is 5.91 Å². The molecule has 144 valence electrons. The van der Waals surface area contributed by atoms with Gasteiger partial charge in [0.15, 0.2) is 0 Å². The lowest BCUT2D eigenvalue weighted by atomic mass is 10.2. The average Bonchev–Trinajstić information content (AvgIpc) is 2.72. The molecule has 3 rings (SSSR count). The summed E-state index contributed by atoms with van der Waals surface area (Å²) in [6.07, 6.45) is 0. The van der Waals surface area contributed by atoms with Crippen molar-refractivity contribution in [2.24, 2.45) is 0 Å². The van der Waals surface area contributed by atoms with E-state index in [0.29, 0.717) is 41.1 Å². The molecule has 1 heterocycles. The van der Waals surface area contributed by atoms with Gasteiger partial charge in [-0.1, -0.05) is 30.3 Å². The molecule has 0 aliphatic rings. The highest BCUT2D eigenvalue weighted by Crippen LogP contribution is 2.31. The quantitative estimate of drug-likeness (QED) is 0.655. The van der Waals surface area contributed by atoms with E-state index in [4.69, 9.17) is 9.47 Å². The number of carbonyl (C=O) groups excluding carboxylic acids is 1. The molecule has 0 saturated carbocycles. The number of anilines is 2. The fourth-order valence-electron chi connectivity index (χ4n) is 2.66. The van der Waals surface area contributed by atoms with E-state index in [2.05, 4.69) is 20.6 Å². The Morgan fingerprint density at radius 1 is 1.00 bits per heavy atom. The van der Waals surface area contributed by atoms with Gasteiger partial charge in [-0.3, -0.25) is 4.79 Å². The van der Waals surface area contributed by atoms with Gasteiger partial charge >= 0.3 is 0 Å². The number of hydrogen-bond acceptors (Lipinski definition) is 6. The number of ether oxygens (including phenoxy) is 2. The maximum absolute atomic E-state index is 12.5. The van der Waals surface area contributed by atoms with E-state index in [1.807, 2.05) is 42.5 Å². The van der Waals surface area contributed by atoms with Crippen LogP contribution in [0.15, 0.2) is 54.6 Å². The molecule has 28 heavy (non-hydrogen) atoms. The Balaban J connectivity index is 1.77. The van der Waals surface area contributed by atoms with Crippen LogP contribution in [0.3, 0.4) is 0 Å². The molecule has 1 aromatic heterocycles. The van der Waals surface area contributed by atoms with Crippen molar-refractivity contribution >= 4 is 17.4 Å². The number of carbonyl (C=O) groups is 1. The zero-order valence-electron chi connectivity index (χ0n) is 16.0. The van der Waals surface area contributed by atoms with E-state index in [1.54, 1.807) is 33.3 Å². The highest BCUT2D eigenvalue weighted by molar-refractivity contribution is 5.93. The number of nitrogens with zero attached hydrogens (tertiary/aromatic N) is 2. The van der Waals surface area contributed by atoms with Crippen molar-refractivity contribution in [3.05, 3.63) is 71.7 Å². The first kappa shape index (κ1) is 19.2. The molecule has 1 amide bonds. The Hall–Kier alpha value is -3.61. The summed E-state index contributed by atoms with van der Waals surface area (Å²) >= 11 is 0. The number of rotatable bonds is 7. The molecule has 2 aromatic carbocycles. The van der Waals surface area contributed by atoms with Crippen LogP contribution >= 0.6 is 0 Å². The van der Waals surface area contributed by atoms with Gasteiger partial charge in [-0.25, -0.2) is 9.97 Å². The van der Waals surface area contributed by atoms with Crippen molar-refractivity contribution in [3.63, 3.8) is 0 Å². The Morgan fingerprint density at radius 3 is 2.50 bits per heavy atom. The number of aromatic nitrogens is 2. The summed E-state index contributed by atoms with van der Waals surface area (Å²) in [4.78, 5) is 21.1. The summed E-state index contributed by atoms with van der Waals surface area (Å²) in [6.45, 7) is 2.17. The van der Waals surface area contributed by atoms with Crippen LogP contribution in [-0.2, 0) is 6.54 Å². The molecule has 3 aromatic rings. The Bertz CT molecular complexity index is 961. The Labute approximate surface area is 163 Å². The summed E-state index contributed by atoms with van der Waals surface area (Å²) in [5.74, 6) is 2.01. The molecule has 0 radical (unpaired) electrons. The third-order valence-corrected chi connectivity index (χ3v) is 4.04. The first-order chi connectivity index (χ1) is 13.6. The molecule has 0 fully saturated rings. The normalized spacial score (nSPS) is 10.2. The van der Waals surface area contributed by atoms with Crippen molar-refractivity contribution in [2.45, 2.75) is 13.5 Å². The smallest absolute Gasteiger partial charge is 0.270 e. The molecule has 7 heteroatoms. The predicted octanol–water partition coefficient (Wildman–Crippen LogP) is 3.48. The molecular weight excluding hydrogens is 356 g/mol. The number of aryl methyl sites for hydroxylation is 1. The van der Waals surface area contributed by atoms with E-state index in [0.717, 1.165) is 5.56 Å². The molecule has 7 nitrogen and oxygen atoms in total. The first-order valence-corrected chi connectivity index (χ1v) is 8.76. The second kappa shape index (κ2) is 8.85. The minimum absolute atomic E-state index is 0.265. The largest absolute Gasteiger partial charge is 0.497 e. The second-order valence-corrected chi connectivity index (χ2v) is 6.05. The van der Waals surface area contributed by atoms with Gasteiger partial charge in [-0.05, 0) is 24.6 Å². The van der Waals surface area contributed by atoms with E-state index >= 15 is 0 Å². The van der Waals surface area contributed by atoms with Gasteiger partial charge < -0.3 is 20.1 Å². The lowest BCUT2D eigenvalue weighted by Gasteiger charge is -2.13. The number of methoxy groups -OCH3 is 2. The van der Waals surface area contributed by atoms with Crippen molar-refractivity contribution < 1.29 is 14.3 Å². The van der Waals surface area contributed by atoms with Gasteiger partial charge in [0, 0.05) is 18.7 Å². The summed E-state index contributed by atoms with van der Waals surface area (Å²) in [6, 6.07) is 16.7. The van der Waals surface area contributed by atoms with Crippen molar-refractivity contribution in [1.82, 2.24) is 15.3 Å². The molecule has 0 unspecified atom stereocenters. The lowest BCUT2D eigenvalue weighted by molar-refractivity contribution is 0.0945. The standard InChI is InChI=1S/C21H22N4O3/c1-14-23-18(21(26)22-13-15-7-5-4-6-8-15)12-20(24-14)25-17-10-9-16(27-2)11-19(17)28-3/h4-12H,13H2,1-3H3,(H,22,26)(H,23,24,25). The number of hydrogen-bond donors (Lipinski definition) is 2. The monoisotopic (exact) mass is 378 g/mol. The van der Waals surface area contributed by atoms with Crippen molar-refractivity contribution in [3.8, 4) is 11.5 Å². The second-order valence-electron chi connectivity index (χ2n) is 6.05. The molecule has 0 bridgehead atoms. The van der Waals surface area contributed by atoms with E-state index in [1.165, 1.54) is 0 Å². The number of amides is 1. The van der Waals surface area contributed by atoms with Gasteiger partial charge in [0.2, 0.25) is 0 Å². The molecule has 0 atom stereocenters. The summed E-state index contributed by atoms with van der Waals surface area (Å²) < 4.78 is 10.6. The molecule has 0 saturated heterocycles. The van der Waals surface area contributed by atoms with Crippen molar-refractivity contribution in [2.75, 3.05) is 19.5 Å². The zero-order valence-corrected chi connectivity index (χ0v) is 16.0. The van der Waals surface area contributed by atoms with Gasteiger partial charge in [0.05, 0.1) is 19.9 Å². The van der Waals surface area contributed by atoms with Gasteiger partial charge in [-0.2, -0.15) is 0 Å². The average molecular weight is 378 g/mol. The van der Waals surface area contributed by atoms with Gasteiger partial charge in [0.25, 0.3) is 5.91 Å². The summed E-state index contributed by atoms with van der Waals surface area (Å²) in [5, 5.41) is 6.05. The van der Waals surface area contributed by atoms with E-state index in [9.17, 15) is 4.79 Å². The number of nitrogens with one attached hydrogen (secondary N) is 2. The van der Waals surface area contributed by atoms with Crippen LogP contribution < -0.4 is 20.1 Å². The highest BCUT2D eigenvalue weighted by Gasteiger charge is 2.12. The Morgan fingerprint density at radius 2 is 1.79 bits per heavy atom. The SMILES string of the molecule is COc1ccc(Nc2cc(C(=O)NCc3ccccc3)nc(C)n2)c(OC)c1. The Kier molecular flexibility index (Phi) is 6.06. The predicted molar refractivity (Wildman–Crippen MR) is 107 cm³/mol. The molecule has 2 N–H and O–H groups in total. The lowest BCUT2D eigenvalue weighted by Crippen LogP contribution is -2.24. The van der Waals surface area contributed by atoms with Gasteiger partial charge in [0.1, 0.15) is 28.8 Å². The molecule has 0 spiro atoms. The molecule has 0 aliphatic carbocycles. The van der Waals surface area contributed by atoms with Crippen LogP contribution in [0, 0.1) is 6.92 Å². The third-order valence-electron chi connectivity index (χ3n) is 4.04. The summed E-state index contributed by atoms with van der Waals surface area (Å²) in [7, 11) is 3.17. The fourth-order valence-corrected chi connectivity index (χ4v) is 2.66. The first-order valence-electron chi connectivity index (χ1n) is 8.76. The minimum Gasteiger partial charge on any atom is -0.497 e. The zero-order chi connectivity index (χ0) is 19.9. The van der Waals surface area contributed by atoms with Crippen LogP contribution in [0.1, 0.15) is 21.9 Å². The number of benzene rings is 2. The fraction of sp³-hybridized carbons (Fsp3) is 0.190. The van der Waals surface area contributed by atoms with Crippen LogP contribution in [0.5, 0.6) is 11.5 Å². The maximum atomic E-state index is 12.5. The minimum atomic E-state index is -0.265. The van der Waals surface area contributed by atoms with Crippen LogP contribution in [0.25, 0.3) is 0 Å². The van der Waals surface area contributed by atoms with Crippen LogP contribution in [0.4, 0.5) is 11.5 Å². The topological polar surface area (TPSA) is 85.4 Å². The van der Waals surface area contributed by atoms with Gasteiger partial charge in [-0.15, -0.1) is 0 Å². The van der Waals surface area contributed by atoms with Crippen molar-refractivity contribution in [1.29, 1.82) is 0 Å². The highest BCUT2D eigenvalue weighted by atomic mass is 16.5.